The molecular weight excluding hydrogens is 332 g/mol. The zero-order chi connectivity index (χ0) is 17.1. The summed E-state index contributed by atoms with van der Waals surface area (Å²) in [6.45, 7) is 3.54. The summed E-state index contributed by atoms with van der Waals surface area (Å²) in [7, 11) is -7.64. The van der Waals surface area contributed by atoms with Gasteiger partial charge in [0.2, 0.25) is 10.0 Å². The predicted octanol–water partition coefficient (Wildman–Crippen LogP) is 0.263. The van der Waals surface area contributed by atoms with E-state index in [1.165, 1.54) is 0 Å². The second kappa shape index (κ2) is 6.71. The molecule has 0 unspecified atom stereocenters. The molecule has 22 heavy (non-hydrogen) atoms. The molecule has 1 aromatic heterocycles. The van der Waals surface area contributed by atoms with Gasteiger partial charge in [-0.1, -0.05) is 13.8 Å². The summed E-state index contributed by atoms with van der Waals surface area (Å²) < 4.78 is 48.9. The predicted molar refractivity (Wildman–Crippen MR) is 78.5 cm³/mol. The minimum atomic E-state index is -4.10. The van der Waals surface area contributed by atoms with E-state index in [-0.39, 0.29) is 22.3 Å². The molecule has 0 fully saturated rings. The summed E-state index contributed by atoms with van der Waals surface area (Å²) in [4.78, 5) is 14.4. The van der Waals surface area contributed by atoms with E-state index in [0.29, 0.717) is 0 Å². The highest BCUT2D eigenvalue weighted by Gasteiger charge is 2.26. The summed E-state index contributed by atoms with van der Waals surface area (Å²) in [5.41, 5.74) is 0. The molecule has 0 aliphatic heterocycles. The SMILES string of the molecule is CC(C)C[C@H](NS(=O)(=O)c1ccc(S(C)(=O)=O)nc1)C(=O)O. The monoisotopic (exact) mass is 350 g/mol. The first-order chi connectivity index (χ1) is 9.93. The third-order valence-corrected chi connectivity index (χ3v) is 5.16. The number of sulfone groups is 1. The van der Waals surface area contributed by atoms with Crippen molar-refractivity contribution in [3.8, 4) is 0 Å². The molecule has 0 saturated carbocycles. The van der Waals surface area contributed by atoms with Gasteiger partial charge in [-0.3, -0.25) is 4.79 Å². The lowest BCUT2D eigenvalue weighted by Crippen LogP contribution is -2.41. The highest BCUT2D eigenvalue weighted by Crippen LogP contribution is 2.13. The Labute approximate surface area is 129 Å². The Bertz CT molecular complexity index is 738. The Morgan fingerprint density at radius 2 is 1.86 bits per heavy atom. The number of carboxylic acid groups (broad SMARTS) is 1. The van der Waals surface area contributed by atoms with Gasteiger partial charge in [-0.2, -0.15) is 4.72 Å². The van der Waals surface area contributed by atoms with Crippen LogP contribution in [0.4, 0.5) is 0 Å². The maximum Gasteiger partial charge on any atom is 0.321 e. The number of rotatable bonds is 7. The minimum Gasteiger partial charge on any atom is -0.480 e. The van der Waals surface area contributed by atoms with E-state index in [1.54, 1.807) is 13.8 Å². The highest BCUT2D eigenvalue weighted by atomic mass is 32.2. The van der Waals surface area contributed by atoms with Gasteiger partial charge in [-0.25, -0.2) is 21.8 Å². The number of nitrogens with zero attached hydrogens (tertiary/aromatic N) is 1. The normalized spacial score (nSPS) is 14.0. The molecular formula is C12H18N2O6S2. The molecule has 1 heterocycles. The molecule has 0 amide bonds. The van der Waals surface area contributed by atoms with Gasteiger partial charge >= 0.3 is 5.97 Å². The quantitative estimate of drug-likeness (QED) is 0.721. The van der Waals surface area contributed by atoms with Gasteiger partial charge in [0.25, 0.3) is 0 Å². The van der Waals surface area contributed by atoms with Crippen LogP contribution in [0.25, 0.3) is 0 Å². The zero-order valence-corrected chi connectivity index (χ0v) is 14.0. The van der Waals surface area contributed by atoms with Crippen LogP contribution in [-0.4, -0.2) is 45.2 Å². The van der Waals surface area contributed by atoms with Crippen LogP contribution in [0.3, 0.4) is 0 Å². The van der Waals surface area contributed by atoms with Gasteiger partial charge in [0.05, 0.1) is 0 Å². The maximum absolute atomic E-state index is 12.1. The van der Waals surface area contributed by atoms with Crippen LogP contribution in [-0.2, 0) is 24.7 Å². The van der Waals surface area contributed by atoms with Crippen molar-refractivity contribution in [3.05, 3.63) is 18.3 Å². The van der Waals surface area contributed by atoms with Crippen LogP contribution in [0.2, 0.25) is 0 Å². The third kappa shape index (κ3) is 5.04. The number of aromatic nitrogens is 1. The molecule has 0 radical (unpaired) electrons. The Hall–Kier alpha value is -1.52. The van der Waals surface area contributed by atoms with Gasteiger partial charge in [-0.05, 0) is 24.5 Å². The van der Waals surface area contributed by atoms with Crippen LogP contribution in [0, 0.1) is 5.92 Å². The Morgan fingerprint density at radius 1 is 1.27 bits per heavy atom. The van der Waals surface area contributed by atoms with E-state index >= 15 is 0 Å². The molecule has 2 N–H and O–H groups in total. The number of pyridine rings is 1. The van der Waals surface area contributed by atoms with Gasteiger partial charge in [0.15, 0.2) is 14.9 Å². The van der Waals surface area contributed by atoms with Crippen molar-refractivity contribution in [1.82, 2.24) is 9.71 Å². The number of carboxylic acids is 1. The molecule has 1 rings (SSSR count). The first-order valence-corrected chi connectivity index (χ1v) is 9.72. The number of hydrogen-bond acceptors (Lipinski definition) is 6. The van der Waals surface area contributed by atoms with Crippen LogP contribution in [0.1, 0.15) is 20.3 Å². The fraction of sp³-hybridized carbons (Fsp3) is 0.500. The zero-order valence-electron chi connectivity index (χ0n) is 12.3. The second-order valence-corrected chi connectivity index (χ2v) is 8.92. The average Bonchev–Trinajstić information content (AvgIpc) is 2.36. The Balaban J connectivity index is 3.06. The molecule has 124 valence electrons. The van der Waals surface area contributed by atoms with E-state index in [2.05, 4.69) is 9.71 Å². The molecule has 1 aromatic rings. The first kappa shape index (κ1) is 18.5. The Kier molecular flexibility index (Phi) is 5.65. The smallest absolute Gasteiger partial charge is 0.321 e. The molecule has 0 bridgehead atoms. The second-order valence-electron chi connectivity index (χ2n) is 5.25. The lowest BCUT2D eigenvalue weighted by atomic mass is 10.1. The van der Waals surface area contributed by atoms with E-state index in [1.807, 2.05) is 0 Å². The van der Waals surface area contributed by atoms with Crippen molar-refractivity contribution >= 4 is 25.8 Å². The number of hydrogen-bond donors (Lipinski definition) is 2. The van der Waals surface area contributed by atoms with Gasteiger partial charge < -0.3 is 5.11 Å². The lowest BCUT2D eigenvalue weighted by molar-refractivity contribution is -0.139. The standard InChI is InChI=1S/C12H18N2O6S2/c1-8(2)6-10(12(15)16)14-22(19,20)9-4-5-11(13-7-9)21(3,17)18/h4-5,7-8,10,14H,6H2,1-3H3,(H,15,16)/t10-/m0/s1. The fourth-order valence-electron chi connectivity index (χ4n) is 1.67. The topological polar surface area (TPSA) is 130 Å². The summed E-state index contributed by atoms with van der Waals surface area (Å²) >= 11 is 0. The number of carbonyl (C=O) groups is 1. The third-order valence-electron chi connectivity index (χ3n) is 2.70. The molecule has 0 aliphatic carbocycles. The van der Waals surface area contributed by atoms with Crippen molar-refractivity contribution in [2.75, 3.05) is 6.26 Å². The molecule has 1 atom stereocenters. The largest absolute Gasteiger partial charge is 0.480 e. The Morgan fingerprint density at radius 3 is 2.23 bits per heavy atom. The van der Waals surface area contributed by atoms with Gasteiger partial charge in [0.1, 0.15) is 10.9 Å². The lowest BCUT2D eigenvalue weighted by Gasteiger charge is -2.16. The summed E-state index contributed by atoms with van der Waals surface area (Å²) in [6.07, 6.45) is 1.96. The molecule has 0 saturated heterocycles. The van der Waals surface area contributed by atoms with Crippen LogP contribution < -0.4 is 4.72 Å². The maximum atomic E-state index is 12.1. The fourth-order valence-corrected chi connectivity index (χ4v) is 3.38. The van der Waals surface area contributed by atoms with Crippen molar-refractivity contribution < 1.29 is 26.7 Å². The summed E-state index contributed by atoms with van der Waals surface area (Å²) in [5.74, 6) is -1.30. The van der Waals surface area contributed by atoms with E-state index < -0.39 is 31.9 Å². The molecule has 0 aromatic carbocycles. The van der Waals surface area contributed by atoms with Crippen LogP contribution >= 0.6 is 0 Å². The number of nitrogens with one attached hydrogen (secondary N) is 1. The van der Waals surface area contributed by atoms with Crippen LogP contribution in [0.15, 0.2) is 28.3 Å². The van der Waals surface area contributed by atoms with E-state index in [9.17, 15) is 21.6 Å². The van der Waals surface area contributed by atoms with Crippen molar-refractivity contribution in [3.63, 3.8) is 0 Å². The van der Waals surface area contributed by atoms with Gasteiger partial charge in [0, 0.05) is 12.5 Å². The van der Waals surface area contributed by atoms with Crippen molar-refractivity contribution in [1.29, 1.82) is 0 Å². The summed E-state index contributed by atoms with van der Waals surface area (Å²) in [5, 5.41) is 8.80. The highest BCUT2D eigenvalue weighted by molar-refractivity contribution is 7.90. The molecule has 10 heteroatoms. The number of sulfonamides is 1. The van der Waals surface area contributed by atoms with E-state index in [4.69, 9.17) is 5.11 Å². The van der Waals surface area contributed by atoms with Gasteiger partial charge in [-0.15, -0.1) is 0 Å². The van der Waals surface area contributed by atoms with Crippen molar-refractivity contribution in [2.45, 2.75) is 36.2 Å². The first-order valence-electron chi connectivity index (χ1n) is 6.34. The average molecular weight is 350 g/mol. The molecule has 0 aliphatic rings. The molecule has 0 spiro atoms. The summed E-state index contributed by atoms with van der Waals surface area (Å²) in [6, 6.07) is 0.863. The van der Waals surface area contributed by atoms with Crippen LogP contribution in [0.5, 0.6) is 0 Å². The minimum absolute atomic E-state index is 0.0189. The van der Waals surface area contributed by atoms with E-state index in [0.717, 1.165) is 24.6 Å². The number of aliphatic carboxylic acids is 1. The molecule has 8 nitrogen and oxygen atoms in total. The van der Waals surface area contributed by atoms with Crippen molar-refractivity contribution in [2.24, 2.45) is 5.92 Å².